The molecule has 1 aromatic carbocycles. The van der Waals surface area contributed by atoms with Crippen LogP contribution in [0.2, 0.25) is 5.02 Å². The number of nitro groups is 1. The summed E-state index contributed by atoms with van der Waals surface area (Å²) in [4.78, 5) is 10.2. The van der Waals surface area contributed by atoms with Crippen molar-refractivity contribution in [2.45, 2.75) is 26.0 Å². The van der Waals surface area contributed by atoms with Gasteiger partial charge >= 0.3 is 0 Å². The summed E-state index contributed by atoms with van der Waals surface area (Å²) >= 11 is 6.03. The monoisotopic (exact) mass is 284 g/mol. The Labute approximate surface area is 117 Å². The van der Waals surface area contributed by atoms with Crippen LogP contribution in [0.25, 0.3) is 0 Å². The molecule has 1 N–H and O–H groups in total. The zero-order valence-corrected chi connectivity index (χ0v) is 11.5. The van der Waals surface area contributed by atoms with E-state index in [0.29, 0.717) is 23.6 Å². The number of halogens is 1. The number of nitro benzene ring substituents is 1. The van der Waals surface area contributed by atoms with E-state index in [1.807, 2.05) is 0 Å². The molecule has 6 heteroatoms. The van der Waals surface area contributed by atoms with Gasteiger partial charge in [0.1, 0.15) is 0 Å². The topological polar surface area (TPSA) is 64.4 Å². The lowest BCUT2D eigenvalue weighted by Gasteiger charge is -2.15. The molecule has 2 atom stereocenters. The van der Waals surface area contributed by atoms with E-state index < -0.39 is 4.92 Å². The highest BCUT2D eigenvalue weighted by atomic mass is 35.5. The van der Waals surface area contributed by atoms with Crippen molar-refractivity contribution in [2.24, 2.45) is 5.92 Å². The van der Waals surface area contributed by atoms with Crippen molar-refractivity contribution in [3.8, 4) is 0 Å². The van der Waals surface area contributed by atoms with Crippen LogP contribution in [0.4, 0.5) is 5.69 Å². The van der Waals surface area contributed by atoms with E-state index in [1.54, 1.807) is 6.07 Å². The number of benzene rings is 1. The Balaban J connectivity index is 1.87. The summed E-state index contributed by atoms with van der Waals surface area (Å²) in [6, 6.07) is 4.56. The van der Waals surface area contributed by atoms with Crippen LogP contribution in [0.3, 0.4) is 0 Å². The molecule has 5 nitrogen and oxygen atoms in total. The van der Waals surface area contributed by atoms with Gasteiger partial charge in [-0.3, -0.25) is 10.1 Å². The molecule has 1 saturated heterocycles. The first kappa shape index (κ1) is 14.2. The predicted molar refractivity (Wildman–Crippen MR) is 73.3 cm³/mol. The SMILES string of the molecule is CC1OCCC1CNCc1ccc([N+](=O)[O-])cc1Cl. The van der Waals surface area contributed by atoms with Gasteiger partial charge in [0.25, 0.3) is 5.69 Å². The number of nitrogens with one attached hydrogen (secondary N) is 1. The lowest BCUT2D eigenvalue weighted by Crippen LogP contribution is -2.26. The quantitative estimate of drug-likeness (QED) is 0.667. The van der Waals surface area contributed by atoms with Gasteiger partial charge in [-0.25, -0.2) is 0 Å². The van der Waals surface area contributed by atoms with Gasteiger partial charge < -0.3 is 10.1 Å². The summed E-state index contributed by atoms with van der Waals surface area (Å²) in [6.07, 6.45) is 1.36. The molecule has 0 saturated carbocycles. The van der Waals surface area contributed by atoms with Crippen molar-refractivity contribution < 1.29 is 9.66 Å². The highest BCUT2D eigenvalue weighted by molar-refractivity contribution is 6.31. The van der Waals surface area contributed by atoms with Gasteiger partial charge in [0, 0.05) is 31.8 Å². The number of non-ortho nitro benzene ring substituents is 1. The second kappa shape index (κ2) is 6.32. The summed E-state index contributed by atoms with van der Waals surface area (Å²) in [5, 5.41) is 14.4. The molecule has 1 fully saturated rings. The molecule has 0 amide bonds. The molecule has 0 spiro atoms. The zero-order valence-electron chi connectivity index (χ0n) is 10.8. The molecule has 104 valence electrons. The van der Waals surface area contributed by atoms with Gasteiger partial charge in [-0.15, -0.1) is 0 Å². The van der Waals surface area contributed by atoms with Crippen molar-refractivity contribution >= 4 is 17.3 Å². The van der Waals surface area contributed by atoms with Crippen molar-refractivity contribution in [1.29, 1.82) is 0 Å². The Morgan fingerprint density at radius 1 is 1.58 bits per heavy atom. The molecule has 0 aromatic heterocycles. The maximum atomic E-state index is 10.6. The van der Waals surface area contributed by atoms with Gasteiger partial charge in [-0.1, -0.05) is 11.6 Å². The second-order valence-corrected chi connectivity index (χ2v) is 5.20. The Bertz CT molecular complexity index is 467. The van der Waals surface area contributed by atoms with E-state index in [-0.39, 0.29) is 5.69 Å². The fraction of sp³-hybridized carbons (Fsp3) is 0.538. The normalized spacial score (nSPS) is 22.6. The lowest BCUT2D eigenvalue weighted by atomic mass is 10.0. The van der Waals surface area contributed by atoms with Crippen LogP contribution >= 0.6 is 11.6 Å². The van der Waals surface area contributed by atoms with E-state index in [9.17, 15) is 10.1 Å². The summed E-state index contributed by atoms with van der Waals surface area (Å²) in [5.41, 5.74) is 0.894. The van der Waals surface area contributed by atoms with Crippen LogP contribution in [0.5, 0.6) is 0 Å². The Kier molecular flexibility index (Phi) is 4.74. The third kappa shape index (κ3) is 3.65. The first-order valence-electron chi connectivity index (χ1n) is 6.33. The van der Waals surface area contributed by atoms with Gasteiger partial charge in [0.2, 0.25) is 0 Å². The molecule has 1 aliphatic heterocycles. The molecule has 0 bridgehead atoms. The maximum Gasteiger partial charge on any atom is 0.270 e. The predicted octanol–water partition coefficient (Wildman–Crippen LogP) is 2.76. The number of hydrogen-bond donors (Lipinski definition) is 1. The smallest absolute Gasteiger partial charge is 0.270 e. The first-order valence-corrected chi connectivity index (χ1v) is 6.71. The highest BCUT2D eigenvalue weighted by Crippen LogP contribution is 2.23. The Morgan fingerprint density at radius 2 is 2.37 bits per heavy atom. The average molecular weight is 285 g/mol. The molecule has 0 aliphatic carbocycles. The summed E-state index contributed by atoms with van der Waals surface area (Å²) < 4.78 is 5.49. The minimum atomic E-state index is -0.444. The van der Waals surface area contributed by atoms with E-state index in [1.165, 1.54) is 12.1 Å². The first-order chi connectivity index (χ1) is 9.08. The van der Waals surface area contributed by atoms with Crippen molar-refractivity contribution in [1.82, 2.24) is 5.32 Å². The largest absolute Gasteiger partial charge is 0.378 e. The Morgan fingerprint density at radius 3 is 2.95 bits per heavy atom. The minimum absolute atomic E-state index is 0.0200. The minimum Gasteiger partial charge on any atom is -0.378 e. The molecule has 0 radical (unpaired) electrons. The fourth-order valence-corrected chi connectivity index (χ4v) is 2.47. The molecular formula is C13H17ClN2O3. The zero-order chi connectivity index (χ0) is 13.8. The number of rotatable bonds is 5. The van der Waals surface area contributed by atoms with Crippen LogP contribution in [0.15, 0.2) is 18.2 Å². The van der Waals surface area contributed by atoms with Crippen LogP contribution in [0, 0.1) is 16.0 Å². The van der Waals surface area contributed by atoms with Gasteiger partial charge in [-0.05, 0) is 30.9 Å². The number of hydrogen-bond acceptors (Lipinski definition) is 4. The van der Waals surface area contributed by atoms with E-state index in [0.717, 1.165) is 25.1 Å². The third-order valence-corrected chi connectivity index (χ3v) is 3.85. The second-order valence-electron chi connectivity index (χ2n) is 4.79. The van der Waals surface area contributed by atoms with Gasteiger partial charge in [-0.2, -0.15) is 0 Å². The molecule has 1 heterocycles. The van der Waals surface area contributed by atoms with Crippen molar-refractivity contribution in [3.05, 3.63) is 38.9 Å². The average Bonchev–Trinajstić information content (AvgIpc) is 2.77. The van der Waals surface area contributed by atoms with Crippen molar-refractivity contribution in [2.75, 3.05) is 13.2 Å². The molecule has 1 aromatic rings. The summed E-state index contributed by atoms with van der Waals surface area (Å²) in [6.45, 7) is 4.39. The summed E-state index contributed by atoms with van der Waals surface area (Å²) in [7, 11) is 0. The van der Waals surface area contributed by atoms with Gasteiger partial charge in [0.15, 0.2) is 0 Å². The number of nitrogens with zero attached hydrogens (tertiary/aromatic N) is 1. The molecule has 19 heavy (non-hydrogen) atoms. The van der Waals surface area contributed by atoms with Gasteiger partial charge in [0.05, 0.1) is 16.0 Å². The van der Waals surface area contributed by atoms with Crippen LogP contribution in [-0.2, 0) is 11.3 Å². The Hall–Kier alpha value is -1.17. The van der Waals surface area contributed by atoms with Crippen LogP contribution in [-0.4, -0.2) is 24.2 Å². The number of ether oxygens (including phenoxy) is 1. The van der Waals surface area contributed by atoms with Crippen LogP contribution < -0.4 is 5.32 Å². The van der Waals surface area contributed by atoms with Crippen molar-refractivity contribution in [3.63, 3.8) is 0 Å². The molecular weight excluding hydrogens is 268 g/mol. The van der Waals surface area contributed by atoms with E-state index in [2.05, 4.69) is 12.2 Å². The standard InChI is InChI=1S/C13H17ClN2O3/c1-9-10(4-5-19-9)7-15-8-11-2-3-12(16(17)18)6-13(11)14/h2-3,6,9-10,15H,4-5,7-8H2,1H3. The van der Waals surface area contributed by atoms with E-state index in [4.69, 9.17) is 16.3 Å². The molecule has 2 rings (SSSR count). The van der Waals surface area contributed by atoms with Crippen LogP contribution in [0.1, 0.15) is 18.9 Å². The molecule has 1 aliphatic rings. The van der Waals surface area contributed by atoms with E-state index >= 15 is 0 Å². The molecule has 2 unspecified atom stereocenters. The summed E-state index contributed by atoms with van der Waals surface area (Å²) in [5.74, 6) is 0.525. The maximum absolute atomic E-state index is 10.6. The fourth-order valence-electron chi connectivity index (χ4n) is 2.23. The third-order valence-electron chi connectivity index (χ3n) is 3.50. The highest BCUT2D eigenvalue weighted by Gasteiger charge is 2.23. The lowest BCUT2D eigenvalue weighted by molar-refractivity contribution is -0.384.